The minimum atomic E-state index is -1.53. The van der Waals surface area contributed by atoms with Crippen molar-refractivity contribution in [1.29, 1.82) is 0 Å². The first-order valence-corrected chi connectivity index (χ1v) is 18.3. The molecule has 286 valence electrons. The van der Waals surface area contributed by atoms with Gasteiger partial charge >= 0.3 is 0 Å². The lowest BCUT2D eigenvalue weighted by Gasteiger charge is -2.25. The van der Waals surface area contributed by atoms with E-state index in [0.29, 0.717) is 47.7 Å². The third kappa shape index (κ3) is 8.53. The SMILES string of the molecule is CCCCc1nc2c(N)nc3ccccc3c2n1Cc1ccc(NC(=O)[C@H](CC(N)=O)N2C(=O)C[C@H](NC(=O)CCCCCN3C(=O)C=CC3=O)C2=O)cc1. The van der Waals surface area contributed by atoms with Crippen molar-refractivity contribution in [2.45, 2.75) is 83.3 Å². The van der Waals surface area contributed by atoms with Gasteiger partial charge in [-0.25, -0.2) is 9.97 Å². The number of aryl methyl sites for hydroxylation is 1. The molecule has 2 atom stereocenters. The first-order chi connectivity index (χ1) is 26.4. The third-order valence-corrected chi connectivity index (χ3v) is 9.72. The molecule has 0 saturated carbocycles. The number of unbranched alkanes of at least 4 members (excludes halogenated alkanes) is 3. The van der Waals surface area contributed by atoms with Crippen LogP contribution in [0.25, 0.3) is 21.9 Å². The predicted octanol–water partition coefficient (Wildman–Crippen LogP) is 2.47. The second kappa shape index (κ2) is 16.7. The number of hydrogen-bond acceptors (Lipinski definition) is 10. The van der Waals surface area contributed by atoms with Crippen LogP contribution in [0.15, 0.2) is 60.7 Å². The van der Waals surface area contributed by atoms with Crippen molar-refractivity contribution in [2.24, 2.45) is 5.73 Å². The molecule has 0 unspecified atom stereocenters. The number of imidazole rings is 1. The van der Waals surface area contributed by atoms with Crippen LogP contribution in [0.1, 0.15) is 69.7 Å². The highest BCUT2D eigenvalue weighted by Gasteiger charge is 2.46. The summed E-state index contributed by atoms with van der Waals surface area (Å²) in [4.78, 5) is 99.3. The van der Waals surface area contributed by atoms with Crippen molar-refractivity contribution >= 4 is 74.8 Å². The molecule has 0 radical (unpaired) electrons. The number of likely N-dealkylation sites (tertiary alicyclic amines) is 1. The first kappa shape index (κ1) is 38.3. The number of nitrogens with zero attached hydrogens (tertiary/aromatic N) is 5. The van der Waals surface area contributed by atoms with Crippen LogP contribution in [-0.2, 0) is 46.5 Å². The number of benzene rings is 2. The lowest BCUT2D eigenvalue weighted by molar-refractivity contribution is -0.147. The van der Waals surface area contributed by atoms with E-state index in [0.717, 1.165) is 52.0 Å². The van der Waals surface area contributed by atoms with Crippen molar-refractivity contribution in [2.75, 3.05) is 17.6 Å². The maximum atomic E-state index is 13.6. The monoisotopic (exact) mass is 749 g/mol. The highest BCUT2D eigenvalue weighted by atomic mass is 16.2. The summed E-state index contributed by atoms with van der Waals surface area (Å²) in [5.41, 5.74) is 15.4. The van der Waals surface area contributed by atoms with Crippen LogP contribution in [0.3, 0.4) is 0 Å². The van der Waals surface area contributed by atoms with Crippen LogP contribution in [-0.4, -0.2) is 84.3 Å². The number of para-hydroxylation sites is 1. The molecule has 2 aromatic carbocycles. The van der Waals surface area contributed by atoms with E-state index in [4.69, 9.17) is 16.5 Å². The molecule has 16 heteroatoms. The molecule has 55 heavy (non-hydrogen) atoms. The average Bonchev–Trinajstić information content (AvgIpc) is 3.77. The van der Waals surface area contributed by atoms with Gasteiger partial charge in [-0.3, -0.25) is 43.4 Å². The minimum Gasteiger partial charge on any atom is -0.382 e. The highest BCUT2D eigenvalue weighted by molar-refractivity contribution is 6.13. The van der Waals surface area contributed by atoms with Gasteiger partial charge in [-0.2, -0.15) is 0 Å². The number of aromatic nitrogens is 3. The summed E-state index contributed by atoms with van der Waals surface area (Å²) in [5, 5.41) is 6.18. The van der Waals surface area contributed by atoms with E-state index >= 15 is 0 Å². The van der Waals surface area contributed by atoms with Crippen molar-refractivity contribution in [3.63, 3.8) is 0 Å². The molecule has 0 bridgehead atoms. The van der Waals surface area contributed by atoms with Gasteiger partial charge in [0.2, 0.25) is 23.6 Å². The number of nitrogens with one attached hydrogen (secondary N) is 2. The molecular weight excluding hydrogens is 706 g/mol. The Morgan fingerprint density at radius 2 is 1.65 bits per heavy atom. The lowest BCUT2D eigenvalue weighted by atomic mass is 10.1. The fraction of sp³-hybridized carbons (Fsp3) is 0.359. The number of pyridine rings is 1. The van der Waals surface area contributed by atoms with E-state index in [-0.39, 0.29) is 31.2 Å². The van der Waals surface area contributed by atoms with Gasteiger partial charge in [0.1, 0.15) is 23.4 Å². The molecular formula is C39H43N9O7. The molecule has 2 aliphatic heterocycles. The highest BCUT2D eigenvalue weighted by Crippen LogP contribution is 2.30. The van der Waals surface area contributed by atoms with Crippen molar-refractivity contribution in [1.82, 2.24) is 29.7 Å². The molecule has 4 heterocycles. The number of primary amides is 1. The number of hydrogen-bond donors (Lipinski definition) is 4. The molecule has 1 saturated heterocycles. The minimum absolute atomic E-state index is 0.0400. The van der Waals surface area contributed by atoms with Gasteiger partial charge in [-0.05, 0) is 43.0 Å². The number of imide groups is 2. The lowest BCUT2D eigenvalue weighted by Crippen LogP contribution is -2.51. The molecule has 6 N–H and O–H groups in total. The summed E-state index contributed by atoms with van der Waals surface area (Å²) in [6.07, 6.45) is 5.60. The van der Waals surface area contributed by atoms with Gasteiger partial charge in [-0.15, -0.1) is 0 Å². The maximum absolute atomic E-state index is 13.6. The number of fused-ring (bicyclic) bond motifs is 3. The Kier molecular flexibility index (Phi) is 11.6. The summed E-state index contributed by atoms with van der Waals surface area (Å²) in [6.45, 7) is 2.81. The van der Waals surface area contributed by atoms with Crippen LogP contribution < -0.4 is 22.1 Å². The molecule has 2 aliphatic rings. The normalized spacial score (nSPS) is 16.1. The first-order valence-electron chi connectivity index (χ1n) is 18.3. The van der Waals surface area contributed by atoms with Gasteiger partial charge in [-0.1, -0.05) is 50.1 Å². The summed E-state index contributed by atoms with van der Waals surface area (Å²) >= 11 is 0. The Morgan fingerprint density at radius 1 is 0.927 bits per heavy atom. The Hall–Kier alpha value is -6.45. The molecule has 0 spiro atoms. The number of nitrogen functional groups attached to an aromatic ring is 1. The molecule has 0 aliphatic carbocycles. The summed E-state index contributed by atoms with van der Waals surface area (Å²) in [7, 11) is 0. The smallest absolute Gasteiger partial charge is 0.253 e. The molecule has 2 aromatic heterocycles. The zero-order valence-corrected chi connectivity index (χ0v) is 30.5. The van der Waals surface area contributed by atoms with Crippen LogP contribution >= 0.6 is 0 Å². The third-order valence-electron chi connectivity index (χ3n) is 9.72. The molecule has 4 aromatic rings. The van der Waals surface area contributed by atoms with E-state index in [9.17, 15) is 33.6 Å². The standard InChI is InChI=1S/C39H43N9O7/c1-2-3-11-30-45-35-36(25-9-6-7-10-26(25)44-37(35)41)47(30)22-23-13-15-24(16-14-23)42-38(54)28(21-29(40)49)48-34(53)20-27(39(48)55)43-31(50)12-5-4-8-19-46-32(51)17-18-33(46)52/h6-7,9-10,13-18,27-28H,2-5,8,11-12,19-22H2,1H3,(H2,40,49)(H2,41,44)(H,42,54)(H,43,50)/t27-,28-/m0/s1. The van der Waals surface area contributed by atoms with E-state index in [1.54, 1.807) is 12.1 Å². The largest absolute Gasteiger partial charge is 0.382 e. The van der Waals surface area contributed by atoms with E-state index < -0.39 is 48.0 Å². The number of carbonyl (C=O) groups excluding carboxylic acids is 7. The van der Waals surface area contributed by atoms with Gasteiger partial charge < -0.3 is 26.7 Å². The van der Waals surface area contributed by atoms with Crippen LogP contribution in [0, 0.1) is 0 Å². The maximum Gasteiger partial charge on any atom is 0.253 e. The van der Waals surface area contributed by atoms with Crippen molar-refractivity contribution in [3.8, 4) is 0 Å². The number of nitrogens with two attached hydrogens (primary N) is 2. The summed E-state index contributed by atoms with van der Waals surface area (Å²) in [5.74, 6) is -3.21. The van der Waals surface area contributed by atoms with Gasteiger partial charge in [0, 0.05) is 49.2 Å². The Balaban J connectivity index is 1.09. The van der Waals surface area contributed by atoms with Crippen LogP contribution in [0.2, 0.25) is 0 Å². The second-order valence-corrected chi connectivity index (χ2v) is 13.7. The number of anilines is 2. The fourth-order valence-electron chi connectivity index (χ4n) is 6.94. The number of carbonyl (C=O) groups is 7. The topological polar surface area (TPSA) is 233 Å². The van der Waals surface area contributed by atoms with E-state index in [1.807, 2.05) is 36.4 Å². The Labute approximate surface area is 316 Å². The van der Waals surface area contributed by atoms with E-state index in [1.165, 1.54) is 12.2 Å². The van der Waals surface area contributed by atoms with Gasteiger partial charge in [0.15, 0.2) is 5.82 Å². The van der Waals surface area contributed by atoms with Crippen LogP contribution in [0.5, 0.6) is 0 Å². The molecule has 16 nitrogen and oxygen atoms in total. The zero-order valence-electron chi connectivity index (χ0n) is 30.5. The molecule has 7 amide bonds. The number of amides is 7. The summed E-state index contributed by atoms with van der Waals surface area (Å²) < 4.78 is 2.14. The van der Waals surface area contributed by atoms with E-state index in [2.05, 4.69) is 27.1 Å². The average molecular weight is 750 g/mol. The second-order valence-electron chi connectivity index (χ2n) is 13.7. The zero-order chi connectivity index (χ0) is 39.2. The number of rotatable bonds is 17. The predicted molar refractivity (Wildman–Crippen MR) is 203 cm³/mol. The fourth-order valence-corrected chi connectivity index (χ4v) is 6.94. The molecule has 6 rings (SSSR count). The van der Waals surface area contributed by atoms with Crippen LogP contribution in [0.4, 0.5) is 11.5 Å². The Bertz CT molecular complexity index is 2190. The van der Waals surface area contributed by atoms with Gasteiger partial charge in [0.05, 0.1) is 23.9 Å². The Morgan fingerprint density at radius 3 is 2.36 bits per heavy atom. The summed E-state index contributed by atoms with van der Waals surface area (Å²) in [6, 6.07) is 12.0. The molecule has 1 fully saturated rings. The van der Waals surface area contributed by atoms with Crippen molar-refractivity contribution < 1.29 is 33.6 Å². The van der Waals surface area contributed by atoms with Gasteiger partial charge in [0.25, 0.3) is 17.7 Å². The quantitative estimate of drug-likeness (QED) is 0.0910. The van der Waals surface area contributed by atoms with Crippen molar-refractivity contribution in [3.05, 3.63) is 72.1 Å².